The number of nitrogens with one attached hydrogen (secondary N) is 2. The minimum absolute atomic E-state index is 0.246. The van der Waals surface area contributed by atoms with Gasteiger partial charge in [0.25, 0.3) is 0 Å². The molecule has 1 heterocycles. The van der Waals surface area contributed by atoms with Gasteiger partial charge in [-0.05, 0) is 30.5 Å². The Labute approximate surface area is 129 Å². The van der Waals surface area contributed by atoms with E-state index in [0.29, 0.717) is 19.6 Å². The molecule has 0 spiro atoms. The average Bonchev–Trinajstić information content (AvgIpc) is 2.45. The molecule has 0 saturated carbocycles. The smallest absolute Gasteiger partial charge is 0.317 e. The van der Waals surface area contributed by atoms with E-state index >= 15 is 0 Å². The minimum atomic E-state index is -3.28. The van der Waals surface area contributed by atoms with Crippen molar-refractivity contribution in [2.24, 2.45) is 0 Å². The topological polar surface area (TPSA) is 78.5 Å². The molecule has 1 saturated heterocycles. The Bertz CT molecular complexity index is 619. The predicted molar refractivity (Wildman–Crippen MR) is 81.2 cm³/mol. The first-order chi connectivity index (χ1) is 10.3. The first-order valence-corrected chi connectivity index (χ1v) is 8.97. The molecule has 1 aromatic rings. The normalized spacial score (nSPS) is 19.0. The summed E-state index contributed by atoms with van der Waals surface area (Å²) >= 11 is 0. The second kappa shape index (κ2) is 7.06. The molecule has 0 unspecified atom stereocenters. The van der Waals surface area contributed by atoms with Crippen LogP contribution >= 0.6 is 0 Å². The number of halogens is 1. The summed E-state index contributed by atoms with van der Waals surface area (Å²) in [5, 5.41) is 2.76. The molecule has 1 fully saturated rings. The zero-order chi connectivity index (χ0) is 16.2. The Balaban J connectivity index is 1.85. The van der Waals surface area contributed by atoms with Gasteiger partial charge < -0.3 is 10.2 Å². The van der Waals surface area contributed by atoms with Crippen molar-refractivity contribution in [3.05, 3.63) is 35.6 Å². The number of rotatable bonds is 4. The lowest BCUT2D eigenvalue weighted by molar-refractivity contribution is 0.177. The van der Waals surface area contributed by atoms with Crippen LogP contribution in [0.2, 0.25) is 0 Å². The summed E-state index contributed by atoms with van der Waals surface area (Å²) in [5.41, 5.74) is 0.803. The van der Waals surface area contributed by atoms with Gasteiger partial charge in [-0.3, -0.25) is 0 Å². The molecular weight excluding hydrogens is 309 g/mol. The lowest BCUT2D eigenvalue weighted by Crippen LogP contribution is -2.51. The number of hydrogen-bond acceptors (Lipinski definition) is 3. The minimum Gasteiger partial charge on any atom is -0.334 e. The Hall–Kier alpha value is -1.67. The predicted octanol–water partition coefficient (Wildman–Crippen LogP) is 1.05. The van der Waals surface area contributed by atoms with Crippen LogP contribution in [0.25, 0.3) is 0 Å². The van der Waals surface area contributed by atoms with Crippen LogP contribution in [0.3, 0.4) is 0 Å². The molecule has 1 atom stereocenters. The second-order valence-electron chi connectivity index (χ2n) is 5.46. The third-order valence-electron chi connectivity index (χ3n) is 3.45. The maximum Gasteiger partial charge on any atom is 0.317 e. The Morgan fingerprint density at radius 2 is 2.05 bits per heavy atom. The van der Waals surface area contributed by atoms with Crippen LogP contribution < -0.4 is 10.0 Å². The van der Waals surface area contributed by atoms with Gasteiger partial charge in [-0.25, -0.2) is 22.3 Å². The molecule has 0 aromatic heterocycles. The number of likely N-dealkylation sites (tertiary alicyclic amines) is 1. The maximum atomic E-state index is 12.8. The summed E-state index contributed by atoms with van der Waals surface area (Å²) in [4.78, 5) is 13.7. The Morgan fingerprint density at radius 1 is 1.36 bits per heavy atom. The van der Waals surface area contributed by atoms with Crippen molar-refractivity contribution in [3.8, 4) is 0 Å². The number of hydrogen-bond donors (Lipinski definition) is 2. The number of piperidine rings is 1. The van der Waals surface area contributed by atoms with E-state index in [1.54, 1.807) is 17.0 Å². The highest BCUT2D eigenvalue weighted by Gasteiger charge is 2.25. The first kappa shape index (κ1) is 16.7. The van der Waals surface area contributed by atoms with Crippen LogP contribution in [0.1, 0.15) is 18.4 Å². The van der Waals surface area contributed by atoms with E-state index < -0.39 is 10.0 Å². The van der Waals surface area contributed by atoms with Gasteiger partial charge in [0.2, 0.25) is 10.0 Å². The van der Waals surface area contributed by atoms with Crippen molar-refractivity contribution >= 4 is 16.1 Å². The molecule has 0 radical (unpaired) electrons. The van der Waals surface area contributed by atoms with E-state index in [1.165, 1.54) is 12.1 Å². The Morgan fingerprint density at radius 3 is 2.68 bits per heavy atom. The van der Waals surface area contributed by atoms with E-state index in [2.05, 4.69) is 10.0 Å². The van der Waals surface area contributed by atoms with E-state index in [1.807, 2.05) is 0 Å². The van der Waals surface area contributed by atoms with Crippen molar-refractivity contribution in [2.75, 3.05) is 19.3 Å². The van der Waals surface area contributed by atoms with Gasteiger partial charge in [-0.1, -0.05) is 12.1 Å². The van der Waals surface area contributed by atoms with Crippen LogP contribution in [-0.4, -0.2) is 44.7 Å². The Kier molecular flexibility index (Phi) is 5.36. The second-order valence-corrected chi connectivity index (χ2v) is 7.24. The molecule has 2 rings (SSSR count). The molecule has 1 aliphatic rings. The number of carbonyl (C=O) groups is 1. The highest BCUT2D eigenvalue weighted by molar-refractivity contribution is 7.88. The third-order valence-corrected chi connectivity index (χ3v) is 4.21. The highest BCUT2D eigenvalue weighted by Crippen LogP contribution is 2.11. The lowest BCUT2D eigenvalue weighted by Gasteiger charge is -2.32. The van der Waals surface area contributed by atoms with Gasteiger partial charge in [-0.15, -0.1) is 0 Å². The summed E-state index contributed by atoms with van der Waals surface area (Å²) < 4.78 is 37.8. The standard InChI is InChI=1S/C14H20FN3O3S/c1-22(20,21)17-13-3-2-8-18(10-13)14(19)16-9-11-4-6-12(15)7-5-11/h4-7,13,17H,2-3,8-10H2,1H3,(H,16,19)/t13-/m0/s1. The van der Waals surface area contributed by atoms with Gasteiger partial charge in [0.15, 0.2) is 0 Å². The average molecular weight is 329 g/mol. The summed E-state index contributed by atoms with van der Waals surface area (Å²) in [6.45, 7) is 1.25. The van der Waals surface area contributed by atoms with E-state index in [0.717, 1.165) is 24.7 Å². The van der Waals surface area contributed by atoms with Crippen molar-refractivity contribution in [2.45, 2.75) is 25.4 Å². The first-order valence-electron chi connectivity index (χ1n) is 7.08. The molecule has 0 aliphatic carbocycles. The monoisotopic (exact) mass is 329 g/mol. The SMILES string of the molecule is CS(=O)(=O)N[C@H]1CCCN(C(=O)NCc2ccc(F)cc2)C1. The van der Waals surface area contributed by atoms with Crippen molar-refractivity contribution in [1.29, 1.82) is 0 Å². The molecule has 1 aromatic carbocycles. The summed E-state index contributed by atoms with van der Waals surface area (Å²) in [7, 11) is -3.28. The third kappa shape index (κ3) is 5.27. The molecule has 8 heteroatoms. The zero-order valence-electron chi connectivity index (χ0n) is 12.4. The van der Waals surface area contributed by atoms with E-state index in [-0.39, 0.29) is 17.9 Å². The van der Waals surface area contributed by atoms with Crippen LogP contribution in [0.4, 0.5) is 9.18 Å². The molecular formula is C14H20FN3O3S. The van der Waals surface area contributed by atoms with Crippen LogP contribution in [0.15, 0.2) is 24.3 Å². The summed E-state index contributed by atoms with van der Waals surface area (Å²) in [5.74, 6) is -0.319. The van der Waals surface area contributed by atoms with Crippen molar-refractivity contribution in [1.82, 2.24) is 14.9 Å². The number of sulfonamides is 1. The number of benzene rings is 1. The molecule has 6 nitrogen and oxygen atoms in total. The fourth-order valence-corrected chi connectivity index (χ4v) is 3.25. The number of urea groups is 1. The quantitative estimate of drug-likeness (QED) is 0.867. The van der Waals surface area contributed by atoms with E-state index in [4.69, 9.17) is 0 Å². The number of nitrogens with zero attached hydrogens (tertiary/aromatic N) is 1. The van der Waals surface area contributed by atoms with Crippen LogP contribution in [0, 0.1) is 5.82 Å². The molecule has 1 aliphatic heterocycles. The van der Waals surface area contributed by atoms with Gasteiger partial charge in [-0.2, -0.15) is 0 Å². The molecule has 22 heavy (non-hydrogen) atoms. The van der Waals surface area contributed by atoms with Crippen LogP contribution in [0.5, 0.6) is 0 Å². The van der Waals surface area contributed by atoms with Gasteiger partial charge >= 0.3 is 6.03 Å². The lowest BCUT2D eigenvalue weighted by atomic mass is 10.1. The van der Waals surface area contributed by atoms with Gasteiger partial charge in [0.1, 0.15) is 5.82 Å². The summed E-state index contributed by atoms with van der Waals surface area (Å²) in [6, 6.07) is 5.41. The van der Waals surface area contributed by atoms with Crippen molar-refractivity contribution in [3.63, 3.8) is 0 Å². The fourth-order valence-electron chi connectivity index (χ4n) is 2.45. The molecule has 0 bridgehead atoms. The molecule has 2 N–H and O–H groups in total. The highest BCUT2D eigenvalue weighted by atomic mass is 32.2. The van der Waals surface area contributed by atoms with Gasteiger partial charge in [0, 0.05) is 25.7 Å². The molecule has 122 valence electrons. The molecule has 2 amide bonds. The largest absolute Gasteiger partial charge is 0.334 e. The fraction of sp³-hybridized carbons (Fsp3) is 0.500. The maximum absolute atomic E-state index is 12.8. The number of carbonyl (C=O) groups excluding carboxylic acids is 1. The summed E-state index contributed by atoms with van der Waals surface area (Å²) in [6.07, 6.45) is 2.58. The van der Waals surface area contributed by atoms with Gasteiger partial charge in [0.05, 0.1) is 6.26 Å². The number of amides is 2. The van der Waals surface area contributed by atoms with Crippen LogP contribution in [-0.2, 0) is 16.6 Å². The zero-order valence-corrected chi connectivity index (χ0v) is 13.2. The van der Waals surface area contributed by atoms with Crippen molar-refractivity contribution < 1.29 is 17.6 Å². The van der Waals surface area contributed by atoms with E-state index in [9.17, 15) is 17.6 Å².